The van der Waals surface area contributed by atoms with E-state index in [9.17, 15) is 4.79 Å². The highest BCUT2D eigenvalue weighted by Crippen LogP contribution is 2.01. The van der Waals surface area contributed by atoms with Crippen molar-refractivity contribution in [3.05, 3.63) is 24.3 Å². The Hall–Kier alpha value is -2.13. The summed E-state index contributed by atoms with van der Waals surface area (Å²) in [6.45, 7) is 2.45. The van der Waals surface area contributed by atoms with Crippen LogP contribution in [0.4, 0.5) is 0 Å². The minimum absolute atomic E-state index is 0.0113. The summed E-state index contributed by atoms with van der Waals surface area (Å²) in [6.07, 6.45) is 18.5. The first-order chi connectivity index (χ1) is 9.31. The van der Waals surface area contributed by atoms with Crippen LogP contribution in [0.3, 0.4) is 0 Å². The van der Waals surface area contributed by atoms with E-state index in [2.05, 4.69) is 22.7 Å². The van der Waals surface area contributed by atoms with Crippen molar-refractivity contribution in [2.24, 2.45) is 0 Å². The lowest BCUT2D eigenvalue weighted by Gasteiger charge is -1.97. The van der Waals surface area contributed by atoms with E-state index >= 15 is 0 Å². The van der Waals surface area contributed by atoms with Crippen molar-refractivity contribution in [2.75, 3.05) is 13.2 Å². The predicted molar refractivity (Wildman–Crippen MR) is 75.9 cm³/mol. The molecule has 0 radical (unpaired) electrons. The van der Waals surface area contributed by atoms with Crippen LogP contribution in [0.25, 0.3) is 0 Å². The topological polar surface area (TPSA) is 35.5 Å². The van der Waals surface area contributed by atoms with Gasteiger partial charge in [0.1, 0.15) is 12.7 Å². The quantitative estimate of drug-likeness (QED) is 0.210. The number of carbonyl (C=O) groups excluding carboxylic acids is 1. The van der Waals surface area contributed by atoms with Gasteiger partial charge in [-0.15, -0.1) is 6.42 Å². The van der Waals surface area contributed by atoms with Crippen LogP contribution in [0.5, 0.6) is 0 Å². The molecule has 0 bridgehead atoms. The maximum absolute atomic E-state index is 11.0. The third-order valence-electron chi connectivity index (χ3n) is 2.07. The Bertz CT molecular complexity index is 388. The molecule has 0 N–H and O–H groups in total. The minimum atomic E-state index is -0.420. The molecule has 0 heterocycles. The summed E-state index contributed by atoms with van der Waals surface area (Å²) in [4.78, 5) is 11.0. The number of allylic oxidation sites excluding steroid dienone is 3. The second kappa shape index (κ2) is 13.9. The van der Waals surface area contributed by atoms with Crippen LogP contribution in [0, 0.1) is 24.4 Å². The van der Waals surface area contributed by atoms with Crippen molar-refractivity contribution in [3.8, 4) is 24.4 Å². The molecule has 3 heteroatoms. The zero-order valence-electron chi connectivity index (χ0n) is 11.4. The Morgan fingerprint density at radius 1 is 1.26 bits per heavy atom. The average Bonchev–Trinajstić information content (AvgIpc) is 2.42. The molecule has 19 heavy (non-hydrogen) atoms. The molecule has 3 nitrogen and oxygen atoms in total. The van der Waals surface area contributed by atoms with Gasteiger partial charge < -0.3 is 9.47 Å². The maximum Gasteiger partial charge on any atom is 0.331 e. The van der Waals surface area contributed by atoms with Gasteiger partial charge in [0.05, 0.1) is 0 Å². The molecule has 0 atom stereocenters. The number of esters is 1. The lowest BCUT2D eigenvalue weighted by Crippen LogP contribution is -1.99. The first-order valence-corrected chi connectivity index (χ1v) is 6.28. The summed E-state index contributed by atoms with van der Waals surface area (Å²) >= 11 is 0. The van der Waals surface area contributed by atoms with Gasteiger partial charge in [0, 0.05) is 13.0 Å². The normalized spacial score (nSPS) is 9.89. The molecule has 0 fully saturated rings. The summed E-state index contributed by atoms with van der Waals surface area (Å²) < 4.78 is 9.69. The van der Waals surface area contributed by atoms with Crippen LogP contribution in [-0.4, -0.2) is 19.2 Å². The number of unbranched alkanes of at least 4 members (excludes halogenated alkanes) is 3. The van der Waals surface area contributed by atoms with E-state index in [1.165, 1.54) is 6.08 Å². The van der Waals surface area contributed by atoms with Crippen molar-refractivity contribution in [1.82, 2.24) is 0 Å². The van der Waals surface area contributed by atoms with Gasteiger partial charge in [-0.3, -0.25) is 0 Å². The third kappa shape index (κ3) is 13.8. The zero-order chi connectivity index (χ0) is 14.2. The molecule has 0 aliphatic carbocycles. The second-order valence-electron chi connectivity index (χ2n) is 3.65. The summed E-state index contributed by atoms with van der Waals surface area (Å²) in [5.41, 5.74) is 0. The molecule has 0 aliphatic heterocycles. The van der Waals surface area contributed by atoms with Gasteiger partial charge in [0.2, 0.25) is 0 Å². The highest BCUT2D eigenvalue weighted by atomic mass is 16.5. The molecule has 0 unspecified atom stereocenters. The highest BCUT2D eigenvalue weighted by molar-refractivity contribution is 5.82. The van der Waals surface area contributed by atoms with Crippen molar-refractivity contribution in [3.63, 3.8) is 0 Å². The summed E-state index contributed by atoms with van der Waals surface area (Å²) in [5, 5.41) is 0. The molecule has 0 aliphatic rings. The smallest absolute Gasteiger partial charge is 0.331 e. The SMILES string of the molecule is C#CCOC(=O)C=CC=CCCCCCOC#CC. The minimum Gasteiger partial charge on any atom is -0.449 e. The van der Waals surface area contributed by atoms with Crippen LogP contribution < -0.4 is 0 Å². The number of ether oxygens (including phenoxy) is 2. The number of carbonyl (C=O) groups is 1. The highest BCUT2D eigenvalue weighted by Gasteiger charge is 1.91. The van der Waals surface area contributed by atoms with E-state index in [1.807, 2.05) is 12.2 Å². The van der Waals surface area contributed by atoms with E-state index in [1.54, 1.807) is 13.0 Å². The number of terminal acetylenes is 1. The van der Waals surface area contributed by atoms with Crippen molar-refractivity contribution in [1.29, 1.82) is 0 Å². The maximum atomic E-state index is 11.0. The first-order valence-electron chi connectivity index (χ1n) is 6.28. The molecule has 0 aromatic carbocycles. The lowest BCUT2D eigenvalue weighted by atomic mass is 10.2. The Morgan fingerprint density at radius 3 is 2.84 bits per heavy atom. The summed E-state index contributed by atoms with van der Waals surface area (Å²) in [6, 6.07) is 0. The summed E-state index contributed by atoms with van der Waals surface area (Å²) in [5.74, 6) is 4.48. The average molecular weight is 260 g/mol. The van der Waals surface area contributed by atoms with Gasteiger partial charge in [-0.1, -0.05) is 30.1 Å². The molecular weight excluding hydrogens is 240 g/mol. The lowest BCUT2D eigenvalue weighted by molar-refractivity contribution is -0.136. The molecule has 102 valence electrons. The van der Waals surface area contributed by atoms with Crippen LogP contribution >= 0.6 is 0 Å². The van der Waals surface area contributed by atoms with E-state index < -0.39 is 5.97 Å². The molecule has 0 saturated carbocycles. The Balaban J connectivity index is 3.43. The molecule has 0 spiro atoms. The molecule has 0 aromatic rings. The van der Waals surface area contributed by atoms with Crippen LogP contribution in [0.2, 0.25) is 0 Å². The fourth-order valence-corrected chi connectivity index (χ4v) is 1.21. The third-order valence-corrected chi connectivity index (χ3v) is 2.07. The fourth-order valence-electron chi connectivity index (χ4n) is 1.21. The van der Waals surface area contributed by atoms with Gasteiger partial charge in [-0.2, -0.15) is 0 Å². The van der Waals surface area contributed by atoms with E-state index in [0.29, 0.717) is 6.61 Å². The van der Waals surface area contributed by atoms with Crippen LogP contribution in [0.15, 0.2) is 24.3 Å². The van der Waals surface area contributed by atoms with Gasteiger partial charge in [0.15, 0.2) is 6.61 Å². The molecule has 0 rings (SSSR count). The molecular formula is C16H20O3. The Labute approximate surface area is 115 Å². The van der Waals surface area contributed by atoms with Crippen LogP contribution in [-0.2, 0) is 14.3 Å². The zero-order valence-corrected chi connectivity index (χ0v) is 11.4. The van der Waals surface area contributed by atoms with E-state index in [-0.39, 0.29) is 6.61 Å². The Morgan fingerprint density at radius 2 is 2.11 bits per heavy atom. The molecule has 0 aromatic heterocycles. The number of rotatable bonds is 9. The molecule has 0 saturated heterocycles. The fraction of sp³-hybridized carbons (Fsp3) is 0.438. The van der Waals surface area contributed by atoms with Crippen molar-refractivity contribution in [2.45, 2.75) is 32.6 Å². The molecule has 0 amide bonds. The van der Waals surface area contributed by atoms with Gasteiger partial charge in [-0.05, 0) is 25.7 Å². The predicted octanol–water partition coefficient (Wildman–Crippen LogP) is 2.83. The van der Waals surface area contributed by atoms with Gasteiger partial charge in [0.25, 0.3) is 0 Å². The van der Waals surface area contributed by atoms with E-state index in [4.69, 9.17) is 11.2 Å². The summed E-state index contributed by atoms with van der Waals surface area (Å²) in [7, 11) is 0. The van der Waals surface area contributed by atoms with Crippen LogP contribution in [0.1, 0.15) is 32.6 Å². The van der Waals surface area contributed by atoms with E-state index in [0.717, 1.165) is 25.7 Å². The largest absolute Gasteiger partial charge is 0.449 e. The number of hydrogen-bond acceptors (Lipinski definition) is 3. The monoisotopic (exact) mass is 260 g/mol. The number of hydrogen-bond donors (Lipinski definition) is 0. The standard InChI is InChI=1S/C16H20O3/c1-3-13-18-15-11-9-7-5-6-8-10-12-16(17)19-14-4-2/h2,6,8,10,12H,5,7,9,11,14-15H2,1H3. The first kappa shape index (κ1) is 16.9. The van der Waals surface area contributed by atoms with Gasteiger partial charge in [-0.25, -0.2) is 4.79 Å². The van der Waals surface area contributed by atoms with Crippen molar-refractivity contribution < 1.29 is 14.3 Å². The second-order valence-corrected chi connectivity index (χ2v) is 3.65. The van der Waals surface area contributed by atoms with Crippen molar-refractivity contribution >= 4 is 5.97 Å². The van der Waals surface area contributed by atoms with Gasteiger partial charge >= 0.3 is 5.97 Å². The Kier molecular flexibility index (Phi) is 12.4.